The van der Waals surface area contributed by atoms with Gasteiger partial charge in [0.15, 0.2) is 0 Å². The normalized spacial score (nSPS) is 19.9. The van der Waals surface area contributed by atoms with Crippen LogP contribution >= 0.6 is 0 Å². The molecule has 2 N–H and O–H groups in total. The molecule has 0 aromatic carbocycles. The highest BCUT2D eigenvalue weighted by molar-refractivity contribution is 4.69. The fourth-order valence-corrected chi connectivity index (χ4v) is 2.37. The number of nitrogens with two attached hydrogens (primary N) is 1. The zero-order valence-electron chi connectivity index (χ0n) is 11.0. The molecule has 0 saturated carbocycles. The highest BCUT2D eigenvalue weighted by Gasteiger charge is 2.13. The lowest BCUT2D eigenvalue weighted by atomic mass is 10.2. The largest absolute Gasteiger partial charge is 0.330 e. The summed E-state index contributed by atoms with van der Waals surface area (Å²) in [6.07, 6.45) is 6.57. The van der Waals surface area contributed by atoms with E-state index in [2.05, 4.69) is 16.7 Å². The van der Waals surface area contributed by atoms with Gasteiger partial charge < -0.3 is 15.5 Å². The second-order valence-electron chi connectivity index (χ2n) is 4.89. The van der Waals surface area contributed by atoms with E-state index in [4.69, 9.17) is 5.73 Å². The van der Waals surface area contributed by atoms with Gasteiger partial charge in [-0.1, -0.05) is 19.8 Å². The quantitative estimate of drug-likeness (QED) is 0.670. The Hall–Kier alpha value is -0.120. The third-order valence-electron chi connectivity index (χ3n) is 3.44. The van der Waals surface area contributed by atoms with Crippen LogP contribution in [0.25, 0.3) is 0 Å². The molecule has 1 aliphatic heterocycles. The van der Waals surface area contributed by atoms with Gasteiger partial charge in [0.25, 0.3) is 0 Å². The van der Waals surface area contributed by atoms with E-state index < -0.39 is 0 Å². The molecule has 1 heterocycles. The first-order valence-corrected chi connectivity index (χ1v) is 7.01. The van der Waals surface area contributed by atoms with Crippen molar-refractivity contribution in [3.8, 4) is 0 Å². The molecule has 3 heteroatoms. The molecule has 0 unspecified atom stereocenters. The molecule has 0 aromatic heterocycles. The minimum Gasteiger partial charge on any atom is -0.330 e. The van der Waals surface area contributed by atoms with Crippen molar-refractivity contribution in [2.24, 2.45) is 5.73 Å². The van der Waals surface area contributed by atoms with Crippen LogP contribution in [-0.2, 0) is 0 Å². The zero-order valence-corrected chi connectivity index (χ0v) is 11.0. The predicted molar refractivity (Wildman–Crippen MR) is 70.7 cm³/mol. The third-order valence-corrected chi connectivity index (χ3v) is 3.44. The Morgan fingerprint density at radius 2 is 1.50 bits per heavy atom. The predicted octanol–water partition coefficient (Wildman–Crippen LogP) is 1.53. The fraction of sp³-hybridized carbons (Fsp3) is 1.00. The van der Waals surface area contributed by atoms with Crippen LogP contribution in [0.15, 0.2) is 0 Å². The molecule has 0 atom stereocenters. The summed E-state index contributed by atoms with van der Waals surface area (Å²) in [5, 5.41) is 0. The SMILES string of the molecule is CCCCCN1CCCN(CCCN)CC1. The molecule has 96 valence electrons. The van der Waals surface area contributed by atoms with Crippen molar-refractivity contribution in [2.75, 3.05) is 45.8 Å². The van der Waals surface area contributed by atoms with Gasteiger partial charge >= 0.3 is 0 Å². The molecule has 0 radical (unpaired) electrons. The lowest BCUT2D eigenvalue weighted by Gasteiger charge is -2.21. The zero-order chi connectivity index (χ0) is 11.6. The van der Waals surface area contributed by atoms with E-state index in [1.54, 1.807) is 0 Å². The maximum absolute atomic E-state index is 5.56. The van der Waals surface area contributed by atoms with Gasteiger partial charge in [-0.3, -0.25) is 0 Å². The Labute approximate surface area is 101 Å². The van der Waals surface area contributed by atoms with Crippen LogP contribution in [-0.4, -0.2) is 55.6 Å². The maximum Gasteiger partial charge on any atom is 0.0109 e. The number of rotatable bonds is 7. The Kier molecular flexibility index (Phi) is 7.81. The summed E-state index contributed by atoms with van der Waals surface area (Å²) in [5.74, 6) is 0. The molecule has 0 amide bonds. The van der Waals surface area contributed by atoms with E-state index in [-0.39, 0.29) is 0 Å². The highest BCUT2D eigenvalue weighted by atomic mass is 15.2. The van der Waals surface area contributed by atoms with E-state index in [9.17, 15) is 0 Å². The van der Waals surface area contributed by atoms with Gasteiger partial charge in [0.1, 0.15) is 0 Å². The van der Waals surface area contributed by atoms with Crippen molar-refractivity contribution < 1.29 is 0 Å². The number of nitrogens with zero attached hydrogens (tertiary/aromatic N) is 2. The molecule has 3 nitrogen and oxygen atoms in total. The van der Waals surface area contributed by atoms with Gasteiger partial charge in [-0.2, -0.15) is 0 Å². The molecule has 16 heavy (non-hydrogen) atoms. The monoisotopic (exact) mass is 227 g/mol. The van der Waals surface area contributed by atoms with E-state index in [0.29, 0.717) is 0 Å². The average molecular weight is 227 g/mol. The topological polar surface area (TPSA) is 32.5 Å². The van der Waals surface area contributed by atoms with Gasteiger partial charge in [0.05, 0.1) is 0 Å². The van der Waals surface area contributed by atoms with Crippen molar-refractivity contribution >= 4 is 0 Å². The lowest BCUT2D eigenvalue weighted by Crippen LogP contribution is -2.32. The summed E-state index contributed by atoms with van der Waals surface area (Å²) < 4.78 is 0. The van der Waals surface area contributed by atoms with Crippen LogP contribution in [0, 0.1) is 0 Å². The third kappa shape index (κ3) is 5.83. The Morgan fingerprint density at radius 1 is 0.875 bits per heavy atom. The van der Waals surface area contributed by atoms with E-state index in [1.165, 1.54) is 65.0 Å². The molecule has 1 aliphatic rings. The fourth-order valence-electron chi connectivity index (χ4n) is 2.37. The summed E-state index contributed by atoms with van der Waals surface area (Å²) in [4.78, 5) is 5.21. The second kappa shape index (κ2) is 8.97. The van der Waals surface area contributed by atoms with Crippen LogP contribution < -0.4 is 5.73 Å². The van der Waals surface area contributed by atoms with Gasteiger partial charge in [-0.25, -0.2) is 0 Å². The first-order valence-electron chi connectivity index (χ1n) is 7.01. The summed E-state index contributed by atoms with van der Waals surface area (Å²) in [6.45, 7) is 10.7. The van der Waals surface area contributed by atoms with Gasteiger partial charge in [-0.15, -0.1) is 0 Å². The molecule has 1 rings (SSSR count). The van der Waals surface area contributed by atoms with Crippen molar-refractivity contribution in [1.29, 1.82) is 0 Å². The summed E-state index contributed by atoms with van der Waals surface area (Å²) in [5.41, 5.74) is 5.56. The molecule has 1 fully saturated rings. The second-order valence-corrected chi connectivity index (χ2v) is 4.89. The minimum atomic E-state index is 0.830. The van der Waals surface area contributed by atoms with Crippen LogP contribution in [0.1, 0.15) is 39.0 Å². The summed E-state index contributed by atoms with van der Waals surface area (Å²) >= 11 is 0. The van der Waals surface area contributed by atoms with E-state index in [1.807, 2.05) is 0 Å². The van der Waals surface area contributed by atoms with Crippen molar-refractivity contribution in [3.63, 3.8) is 0 Å². The summed E-state index contributed by atoms with van der Waals surface area (Å²) in [6, 6.07) is 0. The Bertz CT molecular complexity index is 161. The molecular weight excluding hydrogens is 198 g/mol. The first-order chi connectivity index (χ1) is 7.86. The molecular formula is C13H29N3. The van der Waals surface area contributed by atoms with E-state index >= 15 is 0 Å². The summed E-state index contributed by atoms with van der Waals surface area (Å²) in [7, 11) is 0. The number of unbranched alkanes of at least 4 members (excludes halogenated alkanes) is 2. The molecule has 0 spiro atoms. The highest BCUT2D eigenvalue weighted by Crippen LogP contribution is 2.05. The minimum absolute atomic E-state index is 0.830. The molecule has 0 aliphatic carbocycles. The van der Waals surface area contributed by atoms with Gasteiger partial charge in [0, 0.05) is 13.1 Å². The average Bonchev–Trinajstić information content (AvgIpc) is 2.52. The number of hydrogen-bond donors (Lipinski definition) is 1. The van der Waals surface area contributed by atoms with Crippen LogP contribution in [0.3, 0.4) is 0 Å². The van der Waals surface area contributed by atoms with Crippen molar-refractivity contribution in [1.82, 2.24) is 9.80 Å². The Morgan fingerprint density at radius 3 is 2.06 bits per heavy atom. The standard InChI is InChI=1S/C13H29N3/c1-2-3-4-8-15-10-6-11-16(13-12-15)9-5-7-14/h2-14H2,1H3. The maximum atomic E-state index is 5.56. The van der Waals surface area contributed by atoms with Crippen LogP contribution in [0.2, 0.25) is 0 Å². The van der Waals surface area contributed by atoms with Crippen LogP contribution in [0.5, 0.6) is 0 Å². The lowest BCUT2D eigenvalue weighted by molar-refractivity contribution is 0.252. The van der Waals surface area contributed by atoms with Crippen molar-refractivity contribution in [3.05, 3.63) is 0 Å². The van der Waals surface area contributed by atoms with Crippen LogP contribution in [0.4, 0.5) is 0 Å². The smallest absolute Gasteiger partial charge is 0.0109 e. The number of hydrogen-bond acceptors (Lipinski definition) is 3. The Balaban J connectivity index is 2.13. The van der Waals surface area contributed by atoms with E-state index in [0.717, 1.165) is 13.0 Å². The van der Waals surface area contributed by atoms with Crippen molar-refractivity contribution in [2.45, 2.75) is 39.0 Å². The molecule has 0 bridgehead atoms. The molecule has 0 aromatic rings. The van der Waals surface area contributed by atoms with Gasteiger partial charge in [-0.05, 0) is 52.0 Å². The molecule has 1 saturated heterocycles. The first kappa shape index (κ1) is 13.9. The van der Waals surface area contributed by atoms with Gasteiger partial charge in [0.2, 0.25) is 0 Å².